The second-order valence-electron chi connectivity index (χ2n) is 9.35. The number of nitrogens with one attached hydrogen (secondary N) is 1. The largest absolute Gasteiger partial charge is 0.444 e. The van der Waals surface area contributed by atoms with Crippen LogP contribution in [-0.2, 0) is 11.3 Å². The summed E-state index contributed by atoms with van der Waals surface area (Å²) in [5.41, 5.74) is 5.29. The standard InChI is InChI=1S/C33H29N3O3/c1-24-17-19-27(20-18-24)29-22-31(35-32(37)34-28-15-9-4-10-16-28)36(30(29)21-25-11-5-2-6-12-25)33(38)39-23-26-13-7-3-8-14-26/h2-21,29H,22-23H2,1H3,(H,34,37)/b30-21-,35-31-. The molecule has 0 aromatic heterocycles. The van der Waals surface area contributed by atoms with E-state index in [1.54, 1.807) is 12.1 Å². The molecule has 1 heterocycles. The molecule has 1 aliphatic heterocycles. The molecule has 1 N–H and O–H groups in total. The third-order valence-corrected chi connectivity index (χ3v) is 6.50. The number of carbonyl (C=O) groups is 2. The van der Waals surface area contributed by atoms with E-state index >= 15 is 0 Å². The Labute approximate surface area is 228 Å². The van der Waals surface area contributed by atoms with E-state index in [1.807, 2.05) is 104 Å². The van der Waals surface area contributed by atoms with Crippen LogP contribution in [0.3, 0.4) is 0 Å². The SMILES string of the molecule is Cc1ccc(C2C/C(=N/C(=O)Nc3ccccc3)N(C(=O)OCc3ccccc3)/C2=C\c2ccccc2)cc1. The van der Waals surface area contributed by atoms with Crippen LogP contribution in [0.25, 0.3) is 6.08 Å². The molecule has 0 spiro atoms. The van der Waals surface area contributed by atoms with E-state index in [-0.39, 0.29) is 12.5 Å². The number of urea groups is 1. The number of benzene rings is 4. The monoisotopic (exact) mass is 515 g/mol. The minimum absolute atomic E-state index is 0.105. The molecule has 3 amide bonds. The summed E-state index contributed by atoms with van der Waals surface area (Å²) in [4.78, 5) is 32.4. The summed E-state index contributed by atoms with van der Waals surface area (Å²) in [5.74, 6) is 0.132. The van der Waals surface area contributed by atoms with Gasteiger partial charge in [-0.25, -0.2) is 14.5 Å². The van der Waals surface area contributed by atoms with Gasteiger partial charge in [-0.1, -0.05) is 109 Å². The summed E-state index contributed by atoms with van der Waals surface area (Å²) in [6.07, 6.45) is 1.75. The van der Waals surface area contributed by atoms with Gasteiger partial charge in [0, 0.05) is 23.7 Å². The van der Waals surface area contributed by atoms with Crippen LogP contribution in [0.5, 0.6) is 0 Å². The molecule has 1 saturated heterocycles. The Hall–Kier alpha value is -4.97. The van der Waals surface area contributed by atoms with E-state index in [4.69, 9.17) is 4.74 Å². The summed E-state index contributed by atoms with van der Waals surface area (Å²) in [6, 6.07) is 36.0. The summed E-state index contributed by atoms with van der Waals surface area (Å²) in [6.45, 7) is 2.14. The molecule has 4 aromatic carbocycles. The second-order valence-corrected chi connectivity index (χ2v) is 9.35. The molecule has 4 aromatic rings. The van der Waals surface area contributed by atoms with Crippen molar-refractivity contribution in [3.8, 4) is 0 Å². The number of allylic oxidation sites excluding steroid dienone is 1. The quantitative estimate of drug-likeness (QED) is 0.295. The van der Waals surface area contributed by atoms with E-state index in [0.29, 0.717) is 23.6 Å². The average molecular weight is 516 g/mol. The molecule has 0 radical (unpaired) electrons. The molecule has 1 unspecified atom stereocenters. The molecule has 39 heavy (non-hydrogen) atoms. The minimum Gasteiger partial charge on any atom is -0.444 e. The number of amidine groups is 1. The number of likely N-dealkylation sites (tertiary alicyclic amines) is 1. The van der Waals surface area contributed by atoms with Gasteiger partial charge in [0.15, 0.2) is 0 Å². The highest BCUT2D eigenvalue weighted by Gasteiger charge is 2.39. The van der Waals surface area contributed by atoms with E-state index in [2.05, 4.69) is 22.4 Å². The molecule has 6 nitrogen and oxygen atoms in total. The van der Waals surface area contributed by atoms with Gasteiger partial charge in [-0.15, -0.1) is 0 Å². The lowest BCUT2D eigenvalue weighted by atomic mass is 9.93. The van der Waals surface area contributed by atoms with Gasteiger partial charge in [0.25, 0.3) is 0 Å². The molecule has 6 heteroatoms. The number of hydrogen-bond donors (Lipinski definition) is 1. The zero-order valence-corrected chi connectivity index (χ0v) is 21.7. The first-order chi connectivity index (χ1) is 19.1. The van der Waals surface area contributed by atoms with Crippen LogP contribution in [-0.4, -0.2) is 22.9 Å². The third-order valence-electron chi connectivity index (χ3n) is 6.50. The number of rotatable bonds is 5. The van der Waals surface area contributed by atoms with Crippen molar-refractivity contribution in [1.82, 2.24) is 4.90 Å². The molecule has 1 aliphatic rings. The number of aliphatic imine (C=N–C) groups is 1. The average Bonchev–Trinajstić information content (AvgIpc) is 3.30. The summed E-state index contributed by atoms with van der Waals surface area (Å²) in [5, 5.41) is 2.79. The highest BCUT2D eigenvalue weighted by Crippen LogP contribution is 2.40. The van der Waals surface area contributed by atoms with Crippen LogP contribution < -0.4 is 5.32 Å². The van der Waals surface area contributed by atoms with Crippen LogP contribution in [0.1, 0.15) is 34.6 Å². The number of para-hydroxylation sites is 1. The van der Waals surface area contributed by atoms with Crippen LogP contribution in [0.4, 0.5) is 15.3 Å². The topological polar surface area (TPSA) is 71.0 Å². The normalized spacial score (nSPS) is 16.8. The van der Waals surface area contributed by atoms with Crippen molar-refractivity contribution in [2.24, 2.45) is 4.99 Å². The second kappa shape index (κ2) is 12.0. The highest BCUT2D eigenvalue weighted by molar-refractivity contribution is 6.08. The third kappa shape index (κ3) is 6.48. The van der Waals surface area contributed by atoms with Crippen molar-refractivity contribution >= 4 is 29.7 Å². The van der Waals surface area contributed by atoms with Crippen molar-refractivity contribution in [2.45, 2.75) is 25.9 Å². The molecule has 0 aliphatic carbocycles. The van der Waals surface area contributed by atoms with Gasteiger partial charge in [-0.2, -0.15) is 4.99 Å². The Balaban J connectivity index is 1.53. The predicted molar refractivity (Wildman–Crippen MR) is 154 cm³/mol. The van der Waals surface area contributed by atoms with Crippen molar-refractivity contribution < 1.29 is 14.3 Å². The number of aryl methyl sites for hydroxylation is 1. The van der Waals surface area contributed by atoms with Gasteiger partial charge in [0.1, 0.15) is 12.4 Å². The molecule has 1 fully saturated rings. The van der Waals surface area contributed by atoms with Gasteiger partial charge in [0.05, 0.1) is 0 Å². The van der Waals surface area contributed by atoms with Crippen molar-refractivity contribution in [1.29, 1.82) is 0 Å². The first kappa shape index (κ1) is 25.7. The molecule has 0 bridgehead atoms. The number of anilines is 1. The van der Waals surface area contributed by atoms with Crippen molar-refractivity contribution in [3.63, 3.8) is 0 Å². The van der Waals surface area contributed by atoms with Crippen LogP contribution in [0, 0.1) is 6.92 Å². The highest BCUT2D eigenvalue weighted by atomic mass is 16.6. The van der Waals surface area contributed by atoms with Gasteiger partial charge >= 0.3 is 12.1 Å². The molecular weight excluding hydrogens is 486 g/mol. The minimum atomic E-state index is -0.582. The first-order valence-electron chi connectivity index (χ1n) is 12.8. The number of hydrogen-bond acceptors (Lipinski definition) is 3. The van der Waals surface area contributed by atoms with Crippen LogP contribution in [0.15, 0.2) is 126 Å². The smallest absolute Gasteiger partial charge is 0.420 e. The molecule has 194 valence electrons. The fourth-order valence-electron chi connectivity index (χ4n) is 4.54. The number of nitrogens with zero attached hydrogens (tertiary/aromatic N) is 2. The Bertz CT molecular complexity index is 1480. The number of amides is 3. The Morgan fingerprint density at radius 3 is 2.15 bits per heavy atom. The Morgan fingerprint density at radius 2 is 1.49 bits per heavy atom. The van der Waals surface area contributed by atoms with Crippen LogP contribution >= 0.6 is 0 Å². The van der Waals surface area contributed by atoms with Crippen molar-refractivity contribution in [2.75, 3.05) is 5.32 Å². The maximum atomic E-state index is 13.7. The molecule has 0 saturated carbocycles. The maximum absolute atomic E-state index is 13.7. The number of carbonyl (C=O) groups excluding carboxylic acids is 2. The first-order valence-corrected chi connectivity index (χ1v) is 12.8. The summed E-state index contributed by atoms with van der Waals surface area (Å²) < 4.78 is 5.75. The van der Waals surface area contributed by atoms with Crippen molar-refractivity contribution in [3.05, 3.63) is 143 Å². The van der Waals surface area contributed by atoms with E-state index in [0.717, 1.165) is 22.3 Å². The lowest BCUT2D eigenvalue weighted by molar-refractivity contribution is 0.123. The van der Waals surface area contributed by atoms with Gasteiger partial charge < -0.3 is 10.1 Å². The molecule has 5 rings (SSSR count). The van der Waals surface area contributed by atoms with Gasteiger partial charge in [0.2, 0.25) is 0 Å². The molecule has 1 atom stereocenters. The summed E-state index contributed by atoms with van der Waals surface area (Å²) in [7, 11) is 0. The van der Waals surface area contributed by atoms with Gasteiger partial charge in [-0.05, 0) is 41.8 Å². The Kier molecular flexibility index (Phi) is 7.93. The number of ether oxygens (including phenoxy) is 1. The fourth-order valence-corrected chi connectivity index (χ4v) is 4.54. The van der Waals surface area contributed by atoms with Gasteiger partial charge in [-0.3, -0.25) is 0 Å². The zero-order valence-electron chi connectivity index (χ0n) is 21.7. The van der Waals surface area contributed by atoms with E-state index < -0.39 is 12.1 Å². The lowest BCUT2D eigenvalue weighted by Crippen LogP contribution is -2.32. The molecular formula is C33H29N3O3. The summed E-state index contributed by atoms with van der Waals surface area (Å²) >= 11 is 0. The van der Waals surface area contributed by atoms with Crippen LogP contribution in [0.2, 0.25) is 0 Å². The van der Waals surface area contributed by atoms with E-state index in [9.17, 15) is 9.59 Å². The Morgan fingerprint density at radius 1 is 0.872 bits per heavy atom. The predicted octanol–water partition coefficient (Wildman–Crippen LogP) is 7.79. The zero-order chi connectivity index (χ0) is 27.0. The fraction of sp³-hybridized carbons (Fsp3) is 0.121. The lowest BCUT2D eigenvalue weighted by Gasteiger charge is -2.21. The van der Waals surface area contributed by atoms with E-state index in [1.165, 1.54) is 4.90 Å². The maximum Gasteiger partial charge on any atom is 0.420 e.